The summed E-state index contributed by atoms with van der Waals surface area (Å²) in [7, 11) is 0. The van der Waals surface area contributed by atoms with Gasteiger partial charge < -0.3 is 5.32 Å². The van der Waals surface area contributed by atoms with Crippen molar-refractivity contribution in [3.8, 4) is 0 Å². The predicted octanol–water partition coefficient (Wildman–Crippen LogP) is 3.69. The van der Waals surface area contributed by atoms with Crippen LogP contribution in [0.25, 0.3) is 0 Å². The van der Waals surface area contributed by atoms with E-state index >= 15 is 0 Å². The maximum absolute atomic E-state index is 3.49. The van der Waals surface area contributed by atoms with Crippen LogP contribution in [0.1, 0.15) is 25.1 Å². The largest absolute Gasteiger partial charge is 0.317 e. The molecule has 0 saturated heterocycles. The molecule has 0 aliphatic carbocycles. The van der Waals surface area contributed by atoms with E-state index in [0.717, 1.165) is 19.0 Å². The molecule has 80 valence electrons. The minimum absolute atomic E-state index is 0.777. The van der Waals surface area contributed by atoms with Gasteiger partial charge in [0.15, 0.2) is 0 Å². The molecule has 0 amide bonds. The summed E-state index contributed by atoms with van der Waals surface area (Å²) in [5, 5.41) is 3.36. The number of thiophene rings is 1. The summed E-state index contributed by atoms with van der Waals surface area (Å²) in [5.74, 6) is 0.777. The van der Waals surface area contributed by atoms with Crippen LogP contribution in [0.3, 0.4) is 0 Å². The van der Waals surface area contributed by atoms with Crippen molar-refractivity contribution in [2.45, 2.75) is 26.7 Å². The van der Waals surface area contributed by atoms with Crippen molar-refractivity contribution in [1.29, 1.82) is 0 Å². The van der Waals surface area contributed by atoms with Gasteiger partial charge in [-0.1, -0.05) is 13.8 Å². The van der Waals surface area contributed by atoms with Crippen LogP contribution in [0.2, 0.25) is 0 Å². The highest BCUT2D eigenvalue weighted by Gasteiger charge is 2.05. The molecule has 1 rings (SSSR count). The van der Waals surface area contributed by atoms with Gasteiger partial charge in [0.1, 0.15) is 0 Å². The maximum Gasteiger partial charge on any atom is 0.0701 e. The van der Waals surface area contributed by atoms with E-state index in [1.165, 1.54) is 21.5 Å². The van der Waals surface area contributed by atoms with Gasteiger partial charge in [-0.25, -0.2) is 0 Å². The van der Waals surface area contributed by atoms with E-state index in [-0.39, 0.29) is 0 Å². The monoisotopic (exact) mass is 275 g/mol. The molecule has 0 bridgehead atoms. The fraction of sp³-hybridized carbons (Fsp3) is 0.636. The Balaban J connectivity index is 2.23. The second kappa shape index (κ2) is 6.59. The number of nitrogens with one attached hydrogen (secondary N) is 1. The summed E-state index contributed by atoms with van der Waals surface area (Å²) in [6, 6.07) is 4.36. The standard InChI is InChI=1S/C11H18BrNS/c1-3-13-7-6-9(2)8-10-4-5-11(12)14-10/h4-5,9,13H,3,6-8H2,1-2H3. The maximum atomic E-state index is 3.49. The molecule has 1 atom stereocenters. The molecule has 1 nitrogen and oxygen atoms in total. The third kappa shape index (κ3) is 4.58. The smallest absolute Gasteiger partial charge is 0.0701 e. The third-order valence-electron chi connectivity index (χ3n) is 2.24. The average Bonchev–Trinajstić information content (AvgIpc) is 2.52. The summed E-state index contributed by atoms with van der Waals surface area (Å²) in [5.41, 5.74) is 0. The van der Waals surface area contributed by atoms with Crippen LogP contribution in [0.15, 0.2) is 15.9 Å². The van der Waals surface area contributed by atoms with Crippen LogP contribution in [0.5, 0.6) is 0 Å². The van der Waals surface area contributed by atoms with Crippen molar-refractivity contribution in [3.05, 3.63) is 20.8 Å². The van der Waals surface area contributed by atoms with E-state index in [1.807, 2.05) is 11.3 Å². The summed E-state index contributed by atoms with van der Waals surface area (Å²) in [4.78, 5) is 1.49. The number of hydrogen-bond acceptors (Lipinski definition) is 2. The van der Waals surface area contributed by atoms with E-state index in [2.05, 4.69) is 47.2 Å². The Labute approximate surface area is 99.0 Å². The first-order valence-corrected chi connectivity index (χ1v) is 6.78. The minimum Gasteiger partial charge on any atom is -0.317 e. The first kappa shape index (κ1) is 12.2. The Morgan fingerprint density at radius 2 is 2.29 bits per heavy atom. The van der Waals surface area contributed by atoms with E-state index in [1.54, 1.807) is 0 Å². The molecule has 0 aromatic carbocycles. The first-order chi connectivity index (χ1) is 6.72. The van der Waals surface area contributed by atoms with Crippen LogP contribution in [0, 0.1) is 5.92 Å². The second-order valence-corrected chi connectivity index (χ2v) is 6.20. The van der Waals surface area contributed by atoms with Gasteiger partial charge in [-0.15, -0.1) is 11.3 Å². The lowest BCUT2D eigenvalue weighted by molar-refractivity contribution is 0.507. The van der Waals surface area contributed by atoms with Crippen LogP contribution in [-0.2, 0) is 6.42 Å². The van der Waals surface area contributed by atoms with Crippen molar-refractivity contribution < 1.29 is 0 Å². The molecule has 0 spiro atoms. The molecular weight excluding hydrogens is 258 g/mol. The number of rotatable bonds is 6. The first-order valence-electron chi connectivity index (χ1n) is 5.17. The molecular formula is C11H18BrNS. The molecule has 1 N–H and O–H groups in total. The van der Waals surface area contributed by atoms with Crippen molar-refractivity contribution >= 4 is 27.3 Å². The fourth-order valence-electron chi connectivity index (χ4n) is 1.43. The lowest BCUT2D eigenvalue weighted by Gasteiger charge is -2.09. The molecule has 0 fully saturated rings. The topological polar surface area (TPSA) is 12.0 Å². The zero-order valence-electron chi connectivity index (χ0n) is 8.85. The lowest BCUT2D eigenvalue weighted by Crippen LogP contribution is -2.17. The van der Waals surface area contributed by atoms with Gasteiger partial charge in [-0.05, 0) is 59.9 Å². The van der Waals surface area contributed by atoms with Crippen LogP contribution in [0.4, 0.5) is 0 Å². The Morgan fingerprint density at radius 3 is 2.86 bits per heavy atom. The molecule has 1 aromatic heterocycles. The van der Waals surface area contributed by atoms with Crippen LogP contribution >= 0.6 is 27.3 Å². The van der Waals surface area contributed by atoms with Crippen LogP contribution in [-0.4, -0.2) is 13.1 Å². The SMILES string of the molecule is CCNCCC(C)Cc1ccc(Br)s1. The van der Waals surface area contributed by atoms with E-state index in [9.17, 15) is 0 Å². The molecule has 0 radical (unpaired) electrons. The Morgan fingerprint density at radius 1 is 1.50 bits per heavy atom. The molecule has 0 aliphatic rings. The quantitative estimate of drug-likeness (QED) is 0.781. The normalized spacial score (nSPS) is 13.1. The predicted molar refractivity (Wildman–Crippen MR) is 68.0 cm³/mol. The van der Waals surface area contributed by atoms with Gasteiger partial charge in [0.05, 0.1) is 3.79 Å². The molecule has 14 heavy (non-hydrogen) atoms. The second-order valence-electron chi connectivity index (χ2n) is 3.66. The highest BCUT2D eigenvalue weighted by molar-refractivity contribution is 9.11. The van der Waals surface area contributed by atoms with E-state index in [0.29, 0.717) is 0 Å². The van der Waals surface area contributed by atoms with Crippen LogP contribution < -0.4 is 5.32 Å². The highest BCUT2D eigenvalue weighted by atomic mass is 79.9. The summed E-state index contributed by atoms with van der Waals surface area (Å²) >= 11 is 5.34. The lowest BCUT2D eigenvalue weighted by atomic mass is 10.0. The van der Waals surface area contributed by atoms with Gasteiger partial charge in [0, 0.05) is 4.88 Å². The van der Waals surface area contributed by atoms with Gasteiger partial charge in [0.2, 0.25) is 0 Å². The molecule has 1 heterocycles. The molecule has 3 heteroatoms. The van der Waals surface area contributed by atoms with Gasteiger partial charge in [-0.3, -0.25) is 0 Å². The molecule has 0 saturated carbocycles. The average molecular weight is 276 g/mol. The Hall–Kier alpha value is 0.140. The number of hydrogen-bond donors (Lipinski definition) is 1. The van der Waals surface area contributed by atoms with Crippen molar-refractivity contribution in [1.82, 2.24) is 5.32 Å². The summed E-state index contributed by atoms with van der Waals surface area (Å²) in [6.07, 6.45) is 2.48. The van der Waals surface area contributed by atoms with Gasteiger partial charge in [-0.2, -0.15) is 0 Å². The van der Waals surface area contributed by atoms with Gasteiger partial charge >= 0.3 is 0 Å². The highest BCUT2D eigenvalue weighted by Crippen LogP contribution is 2.24. The zero-order chi connectivity index (χ0) is 10.4. The van der Waals surface area contributed by atoms with Crippen molar-refractivity contribution in [3.63, 3.8) is 0 Å². The Kier molecular flexibility index (Phi) is 5.75. The minimum atomic E-state index is 0.777. The van der Waals surface area contributed by atoms with E-state index < -0.39 is 0 Å². The summed E-state index contributed by atoms with van der Waals surface area (Å²) < 4.78 is 1.24. The summed E-state index contributed by atoms with van der Waals surface area (Å²) in [6.45, 7) is 6.70. The van der Waals surface area contributed by atoms with E-state index in [4.69, 9.17) is 0 Å². The Bertz CT molecular complexity index is 260. The third-order valence-corrected chi connectivity index (χ3v) is 3.89. The zero-order valence-corrected chi connectivity index (χ0v) is 11.2. The van der Waals surface area contributed by atoms with Crippen molar-refractivity contribution in [2.75, 3.05) is 13.1 Å². The molecule has 1 aromatic rings. The molecule has 0 aliphatic heterocycles. The molecule has 1 unspecified atom stereocenters. The fourth-order valence-corrected chi connectivity index (χ4v) is 3.08. The van der Waals surface area contributed by atoms with Crippen molar-refractivity contribution in [2.24, 2.45) is 5.92 Å². The number of halogens is 1. The van der Waals surface area contributed by atoms with Gasteiger partial charge in [0.25, 0.3) is 0 Å².